The summed E-state index contributed by atoms with van der Waals surface area (Å²) in [5, 5.41) is 10.6. The number of anilines is 1. The fourth-order valence-corrected chi connectivity index (χ4v) is 2.71. The van der Waals surface area contributed by atoms with Crippen LogP contribution < -0.4 is 5.32 Å². The molecule has 30 heavy (non-hydrogen) atoms. The van der Waals surface area contributed by atoms with Crippen LogP contribution in [0.25, 0.3) is 11.0 Å². The Hall–Kier alpha value is -3.75. The van der Waals surface area contributed by atoms with Gasteiger partial charge in [0.2, 0.25) is 0 Å². The van der Waals surface area contributed by atoms with Gasteiger partial charge in [-0.25, -0.2) is 14.3 Å². The molecule has 0 aliphatic carbocycles. The van der Waals surface area contributed by atoms with Crippen LogP contribution >= 0.6 is 0 Å². The van der Waals surface area contributed by atoms with Crippen LogP contribution in [-0.4, -0.2) is 46.1 Å². The Labute approximate surface area is 173 Å². The van der Waals surface area contributed by atoms with Crippen LogP contribution in [0, 0.1) is 0 Å². The van der Waals surface area contributed by atoms with Gasteiger partial charge < -0.3 is 14.8 Å². The third-order valence-corrected chi connectivity index (χ3v) is 4.23. The minimum atomic E-state index is -0.632. The van der Waals surface area contributed by atoms with Gasteiger partial charge in [0.1, 0.15) is 5.52 Å². The summed E-state index contributed by atoms with van der Waals surface area (Å²) in [6, 6.07) is 11.2. The standard InChI is InChI=1S/C21H22N4O5/c1-3-11-29-20(27)14-5-8-16(9-6-14)22-19(26)13-30-21(28)15-7-10-18-17(12-15)23-24-25(18)4-2/h5-10,12H,3-4,11,13H2,1-2H3,(H,22,26). The number of carbonyl (C=O) groups is 3. The van der Waals surface area contributed by atoms with E-state index in [-0.39, 0.29) is 5.56 Å². The van der Waals surface area contributed by atoms with Gasteiger partial charge >= 0.3 is 11.9 Å². The van der Waals surface area contributed by atoms with E-state index < -0.39 is 24.5 Å². The Bertz CT molecular complexity index is 1060. The van der Waals surface area contributed by atoms with Crippen molar-refractivity contribution in [2.75, 3.05) is 18.5 Å². The minimum Gasteiger partial charge on any atom is -0.462 e. The zero-order chi connectivity index (χ0) is 21.5. The van der Waals surface area contributed by atoms with E-state index in [1.165, 1.54) is 0 Å². The lowest BCUT2D eigenvalue weighted by molar-refractivity contribution is -0.119. The summed E-state index contributed by atoms with van der Waals surface area (Å²) in [6.45, 7) is 4.43. The highest BCUT2D eigenvalue weighted by Gasteiger charge is 2.13. The number of nitrogens with zero attached hydrogens (tertiary/aromatic N) is 3. The van der Waals surface area contributed by atoms with Crippen LogP contribution in [0.1, 0.15) is 41.0 Å². The number of rotatable bonds is 8. The number of aromatic nitrogens is 3. The summed E-state index contributed by atoms with van der Waals surface area (Å²) in [7, 11) is 0. The third-order valence-electron chi connectivity index (χ3n) is 4.23. The number of carbonyl (C=O) groups excluding carboxylic acids is 3. The van der Waals surface area contributed by atoms with E-state index in [0.29, 0.717) is 29.9 Å². The van der Waals surface area contributed by atoms with Gasteiger partial charge in [0.25, 0.3) is 5.91 Å². The van der Waals surface area contributed by atoms with Crippen LogP contribution in [0.5, 0.6) is 0 Å². The van der Waals surface area contributed by atoms with Crippen LogP contribution in [0.4, 0.5) is 5.69 Å². The molecule has 9 nitrogen and oxygen atoms in total. The molecule has 3 aromatic rings. The molecule has 0 aliphatic rings. The largest absolute Gasteiger partial charge is 0.462 e. The van der Waals surface area contributed by atoms with Crippen molar-refractivity contribution in [3.8, 4) is 0 Å². The van der Waals surface area contributed by atoms with Gasteiger partial charge in [0, 0.05) is 12.2 Å². The van der Waals surface area contributed by atoms with Gasteiger partial charge in [-0.05, 0) is 55.8 Å². The van der Waals surface area contributed by atoms with Crippen molar-refractivity contribution in [2.45, 2.75) is 26.8 Å². The van der Waals surface area contributed by atoms with Crippen LogP contribution in [0.2, 0.25) is 0 Å². The lowest BCUT2D eigenvalue weighted by atomic mass is 10.2. The molecule has 0 radical (unpaired) electrons. The summed E-state index contributed by atoms with van der Waals surface area (Å²) >= 11 is 0. The molecule has 1 amide bonds. The number of benzene rings is 2. The molecule has 0 saturated carbocycles. The van der Waals surface area contributed by atoms with Gasteiger partial charge in [-0.15, -0.1) is 5.10 Å². The van der Waals surface area contributed by atoms with Crippen LogP contribution in [0.3, 0.4) is 0 Å². The van der Waals surface area contributed by atoms with E-state index in [2.05, 4.69) is 15.6 Å². The molecule has 0 unspecified atom stereocenters. The molecule has 0 saturated heterocycles. The Morgan fingerprint density at radius 2 is 1.67 bits per heavy atom. The highest BCUT2D eigenvalue weighted by atomic mass is 16.5. The SMILES string of the molecule is CCCOC(=O)c1ccc(NC(=O)COC(=O)c2ccc3c(c2)nnn3CC)cc1. The summed E-state index contributed by atoms with van der Waals surface area (Å²) in [4.78, 5) is 36.0. The topological polar surface area (TPSA) is 112 Å². The second kappa shape index (κ2) is 9.64. The minimum absolute atomic E-state index is 0.286. The maximum atomic E-state index is 12.2. The molecular formula is C21H22N4O5. The lowest BCUT2D eigenvalue weighted by Gasteiger charge is -2.08. The fourth-order valence-electron chi connectivity index (χ4n) is 2.71. The summed E-state index contributed by atoms with van der Waals surface area (Å²) in [5.41, 5.74) is 2.54. The van der Waals surface area contributed by atoms with Gasteiger partial charge in [-0.3, -0.25) is 4.79 Å². The van der Waals surface area contributed by atoms with E-state index in [1.807, 2.05) is 13.8 Å². The lowest BCUT2D eigenvalue weighted by Crippen LogP contribution is -2.21. The molecule has 0 aliphatic heterocycles. The highest BCUT2D eigenvalue weighted by Crippen LogP contribution is 2.15. The maximum Gasteiger partial charge on any atom is 0.338 e. The van der Waals surface area contributed by atoms with E-state index in [9.17, 15) is 14.4 Å². The first-order valence-corrected chi connectivity index (χ1v) is 9.59. The van der Waals surface area contributed by atoms with Crippen molar-refractivity contribution in [1.82, 2.24) is 15.0 Å². The van der Waals surface area contributed by atoms with Crippen molar-refractivity contribution in [2.24, 2.45) is 0 Å². The van der Waals surface area contributed by atoms with Crippen molar-refractivity contribution >= 4 is 34.6 Å². The fraction of sp³-hybridized carbons (Fsp3) is 0.286. The molecule has 156 valence electrons. The number of hydrogen-bond donors (Lipinski definition) is 1. The van der Waals surface area contributed by atoms with Crippen molar-refractivity contribution in [1.29, 1.82) is 0 Å². The number of nitrogens with one attached hydrogen (secondary N) is 1. The van der Waals surface area contributed by atoms with E-state index >= 15 is 0 Å². The highest BCUT2D eigenvalue weighted by molar-refractivity contribution is 5.97. The second-order valence-corrected chi connectivity index (χ2v) is 6.45. The number of esters is 2. The van der Waals surface area contributed by atoms with E-state index in [0.717, 1.165) is 11.9 Å². The zero-order valence-corrected chi connectivity index (χ0v) is 16.8. The molecule has 0 atom stereocenters. The second-order valence-electron chi connectivity index (χ2n) is 6.45. The molecule has 0 spiro atoms. The van der Waals surface area contributed by atoms with Crippen molar-refractivity contribution in [3.05, 3.63) is 53.6 Å². The average molecular weight is 410 g/mol. The summed E-state index contributed by atoms with van der Waals surface area (Å²) in [6.07, 6.45) is 0.741. The molecule has 1 aromatic heterocycles. The molecule has 0 bridgehead atoms. The number of hydrogen-bond acceptors (Lipinski definition) is 7. The first kappa shape index (κ1) is 21.0. The van der Waals surface area contributed by atoms with Crippen LogP contribution in [-0.2, 0) is 20.8 Å². The zero-order valence-electron chi connectivity index (χ0n) is 16.8. The van der Waals surface area contributed by atoms with Crippen molar-refractivity contribution < 1.29 is 23.9 Å². The van der Waals surface area contributed by atoms with Gasteiger partial charge in [0.15, 0.2) is 6.61 Å². The first-order chi connectivity index (χ1) is 14.5. The number of amides is 1. The van der Waals surface area contributed by atoms with Crippen molar-refractivity contribution in [3.63, 3.8) is 0 Å². The third kappa shape index (κ3) is 4.99. The predicted octanol–water partition coefficient (Wildman–Crippen LogP) is 2.81. The Balaban J connectivity index is 1.52. The van der Waals surface area contributed by atoms with Gasteiger partial charge in [0.05, 0.1) is 23.3 Å². The first-order valence-electron chi connectivity index (χ1n) is 9.59. The number of aryl methyl sites for hydroxylation is 1. The maximum absolute atomic E-state index is 12.2. The number of fused-ring (bicyclic) bond motifs is 1. The molecule has 1 heterocycles. The smallest absolute Gasteiger partial charge is 0.338 e. The molecular weight excluding hydrogens is 388 g/mol. The molecule has 2 aromatic carbocycles. The summed E-state index contributed by atoms with van der Waals surface area (Å²) in [5.74, 6) is -1.55. The predicted molar refractivity (Wildman–Crippen MR) is 109 cm³/mol. The van der Waals surface area contributed by atoms with Gasteiger partial charge in [-0.1, -0.05) is 12.1 Å². The Morgan fingerprint density at radius 1 is 0.967 bits per heavy atom. The molecule has 1 N–H and O–H groups in total. The normalized spacial score (nSPS) is 10.6. The Morgan fingerprint density at radius 3 is 2.37 bits per heavy atom. The average Bonchev–Trinajstić information content (AvgIpc) is 3.18. The number of ether oxygens (including phenoxy) is 2. The molecule has 3 rings (SSSR count). The summed E-state index contributed by atoms with van der Waals surface area (Å²) < 4.78 is 11.8. The quantitative estimate of drug-likeness (QED) is 0.568. The van der Waals surface area contributed by atoms with Crippen LogP contribution in [0.15, 0.2) is 42.5 Å². The van der Waals surface area contributed by atoms with E-state index in [1.54, 1.807) is 47.1 Å². The molecule has 0 fully saturated rings. The monoisotopic (exact) mass is 410 g/mol. The Kier molecular flexibility index (Phi) is 6.74. The molecule has 9 heteroatoms. The van der Waals surface area contributed by atoms with Gasteiger partial charge in [-0.2, -0.15) is 0 Å². The van der Waals surface area contributed by atoms with E-state index in [4.69, 9.17) is 9.47 Å².